The molecule has 4 rings (SSSR count). The second-order valence-corrected chi connectivity index (χ2v) is 9.33. The minimum absolute atomic E-state index is 0.00455. The Kier molecular flexibility index (Phi) is 6.56. The van der Waals surface area contributed by atoms with Gasteiger partial charge in [0.2, 0.25) is 5.82 Å². The zero-order chi connectivity index (χ0) is 26.0. The van der Waals surface area contributed by atoms with Gasteiger partial charge in [-0.1, -0.05) is 6.07 Å². The van der Waals surface area contributed by atoms with E-state index in [4.69, 9.17) is 10.2 Å². The fraction of sp³-hybridized carbons (Fsp3) is 0. The molecule has 0 saturated carbocycles. The Bertz CT molecular complexity index is 1630. The van der Waals surface area contributed by atoms with E-state index < -0.39 is 33.5 Å². The van der Waals surface area contributed by atoms with E-state index in [9.17, 15) is 27.7 Å². The van der Waals surface area contributed by atoms with Crippen LogP contribution in [-0.4, -0.2) is 55.4 Å². The molecule has 0 bridgehead atoms. The minimum Gasteiger partial charge on any atom is -0.504 e. The first-order valence-electron chi connectivity index (χ1n) is 9.64. The van der Waals surface area contributed by atoms with Crippen LogP contribution in [-0.2, 0) is 10.0 Å². The van der Waals surface area contributed by atoms with Crippen LogP contribution >= 0.6 is 12.0 Å². The smallest absolute Gasteiger partial charge is 0.373 e. The molecular weight excluding hydrogens is 516 g/mol. The number of fused-ring (bicyclic) bond motifs is 1. The molecule has 184 valence electrons. The Morgan fingerprint density at radius 3 is 2.33 bits per heavy atom. The fourth-order valence-electron chi connectivity index (χ4n) is 3.04. The molecule has 1 aromatic heterocycles. The third-order valence-electron chi connectivity index (χ3n) is 4.73. The maximum absolute atomic E-state index is 13.0. The third-order valence-corrected chi connectivity index (χ3v) is 6.62. The number of phenols is 1. The number of benzene rings is 3. The summed E-state index contributed by atoms with van der Waals surface area (Å²) in [4.78, 5) is 25.3. The van der Waals surface area contributed by atoms with Gasteiger partial charge in [0.15, 0.2) is 5.75 Å². The number of nitrogens with one attached hydrogen (secondary N) is 2. The lowest BCUT2D eigenvalue weighted by Gasteiger charge is -2.12. The van der Waals surface area contributed by atoms with Crippen LogP contribution in [0.15, 0.2) is 68.6 Å². The van der Waals surface area contributed by atoms with Gasteiger partial charge in [-0.15, -0.1) is 15.3 Å². The number of hydrogen-bond donors (Lipinski definition) is 6. The molecule has 36 heavy (non-hydrogen) atoms. The Morgan fingerprint density at radius 1 is 1.00 bits per heavy atom. The summed E-state index contributed by atoms with van der Waals surface area (Å²) >= 11 is 0.230. The fourth-order valence-corrected chi connectivity index (χ4v) is 4.49. The lowest BCUT2D eigenvalue weighted by molar-refractivity contribution is 0.0678. The molecule has 0 aliphatic rings. The van der Waals surface area contributed by atoms with E-state index in [1.165, 1.54) is 48.5 Å². The standard InChI is InChI=1S/C20H14N6O8S2/c27-16-14(35-32)7-10-3-6-12(36(33,34)26-11-4-1-9(2-5-11)18(28)29)8-13(10)15(16)22-24-20-21-17(19(30)31)23-25-20/h1-8,26-27,32H,(H,28,29)(H,30,31)(H,21,23,25). The second kappa shape index (κ2) is 9.61. The lowest BCUT2D eigenvalue weighted by Crippen LogP contribution is -2.13. The van der Waals surface area contributed by atoms with Crippen molar-refractivity contribution in [3.63, 3.8) is 0 Å². The van der Waals surface area contributed by atoms with Gasteiger partial charge in [0.25, 0.3) is 16.0 Å². The van der Waals surface area contributed by atoms with Gasteiger partial charge in [0.1, 0.15) is 5.69 Å². The number of phenolic OH excluding ortho intramolecular Hbond substituents is 1. The first kappa shape index (κ1) is 24.6. The monoisotopic (exact) mass is 530 g/mol. The van der Waals surface area contributed by atoms with Crippen molar-refractivity contribution in [3.05, 3.63) is 59.9 Å². The Labute approximate surface area is 205 Å². The van der Waals surface area contributed by atoms with Crippen LogP contribution in [0.2, 0.25) is 0 Å². The van der Waals surface area contributed by atoms with E-state index >= 15 is 0 Å². The number of anilines is 1. The molecular formula is C20H14N6O8S2. The van der Waals surface area contributed by atoms with Crippen LogP contribution in [0.3, 0.4) is 0 Å². The molecule has 0 saturated heterocycles. The van der Waals surface area contributed by atoms with Crippen LogP contribution in [0.4, 0.5) is 17.3 Å². The summed E-state index contributed by atoms with van der Waals surface area (Å²) < 4.78 is 37.8. The van der Waals surface area contributed by atoms with Crippen molar-refractivity contribution >= 4 is 62.1 Å². The first-order valence-corrected chi connectivity index (χ1v) is 11.9. The molecule has 0 amide bonds. The van der Waals surface area contributed by atoms with Gasteiger partial charge in [-0.05, 0) is 47.9 Å². The summed E-state index contributed by atoms with van der Waals surface area (Å²) in [6, 6.07) is 10.4. The van der Waals surface area contributed by atoms with E-state index in [1.54, 1.807) is 0 Å². The number of sulfonamides is 1. The van der Waals surface area contributed by atoms with Crippen LogP contribution < -0.4 is 4.72 Å². The van der Waals surface area contributed by atoms with Gasteiger partial charge in [-0.25, -0.2) is 18.0 Å². The summed E-state index contributed by atoms with van der Waals surface area (Å²) in [6.07, 6.45) is 0. The number of H-pyrrole nitrogens is 1. The SMILES string of the molecule is O=C(O)c1ccc(NS(=O)(=O)c2ccc3cc(SO)c(O)c(N=Nc4n[nH]c(C(=O)O)n4)c3c2)cc1. The number of carboxylic acids is 2. The minimum atomic E-state index is -4.16. The van der Waals surface area contributed by atoms with Crippen molar-refractivity contribution in [2.45, 2.75) is 9.79 Å². The van der Waals surface area contributed by atoms with Crippen molar-refractivity contribution in [2.24, 2.45) is 10.2 Å². The maximum atomic E-state index is 13.0. The summed E-state index contributed by atoms with van der Waals surface area (Å²) in [5.74, 6) is -3.91. The predicted molar refractivity (Wildman–Crippen MR) is 126 cm³/mol. The van der Waals surface area contributed by atoms with Gasteiger partial charge >= 0.3 is 11.9 Å². The Hall–Kier alpha value is -4.54. The Morgan fingerprint density at radius 2 is 1.72 bits per heavy atom. The number of hydrogen-bond acceptors (Lipinski definition) is 11. The van der Waals surface area contributed by atoms with Crippen LogP contribution in [0.5, 0.6) is 5.75 Å². The number of aromatic amines is 1. The van der Waals surface area contributed by atoms with Crippen molar-refractivity contribution in [1.82, 2.24) is 15.2 Å². The molecule has 0 fully saturated rings. The van der Waals surface area contributed by atoms with Crippen LogP contribution in [0.25, 0.3) is 10.8 Å². The number of nitrogens with zero attached hydrogens (tertiary/aromatic N) is 4. The molecule has 0 radical (unpaired) electrons. The molecule has 6 N–H and O–H groups in total. The number of carboxylic acid groups (broad SMARTS) is 2. The van der Waals surface area contributed by atoms with E-state index in [0.717, 1.165) is 0 Å². The summed E-state index contributed by atoms with van der Waals surface area (Å²) in [5, 5.41) is 42.3. The quantitative estimate of drug-likeness (QED) is 0.142. The van der Waals surface area contributed by atoms with Gasteiger partial charge in [-0.2, -0.15) is 4.98 Å². The van der Waals surface area contributed by atoms with E-state index in [1.807, 2.05) is 0 Å². The van der Waals surface area contributed by atoms with Crippen LogP contribution in [0, 0.1) is 0 Å². The highest BCUT2D eigenvalue weighted by Crippen LogP contribution is 2.43. The number of aromatic hydroxyl groups is 1. The van der Waals surface area contributed by atoms with Crippen LogP contribution in [0.1, 0.15) is 21.0 Å². The summed E-state index contributed by atoms with van der Waals surface area (Å²) in [5.41, 5.74) is -0.129. The third kappa shape index (κ3) is 4.95. The molecule has 0 aliphatic carbocycles. The average molecular weight is 531 g/mol. The van der Waals surface area contributed by atoms with E-state index in [0.29, 0.717) is 5.39 Å². The van der Waals surface area contributed by atoms with E-state index in [2.05, 4.69) is 30.1 Å². The van der Waals surface area contributed by atoms with Gasteiger partial charge in [0, 0.05) is 23.1 Å². The highest BCUT2D eigenvalue weighted by Gasteiger charge is 2.20. The average Bonchev–Trinajstić information content (AvgIpc) is 3.32. The molecule has 0 spiro atoms. The number of rotatable bonds is 8. The molecule has 0 atom stereocenters. The maximum Gasteiger partial charge on any atom is 0.373 e. The van der Waals surface area contributed by atoms with Crippen molar-refractivity contribution in [1.29, 1.82) is 0 Å². The highest BCUT2D eigenvalue weighted by molar-refractivity contribution is 7.94. The number of azo groups is 1. The van der Waals surface area contributed by atoms with Crippen molar-refractivity contribution < 1.29 is 37.9 Å². The molecule has 1 heterocycles. The number of aromatic carboxylic acids is 2. The van der Waals surface area contributed by atoms with Gasteiger partial charge in [0.05, 0.1) is 15.4 Å². The molecule has 16 heteroatoms. The largest absolute Gasteiger partial charge is 0.504 e. The lowest BCUT2D eigenvalue weighted by atomic mass is 10.1. The molecule has 4 aromatic rings. The number of carbonyl (C=O) groups is 2. The summed E-state index contributed by atoms with van der Waals surface area (Å²) in [7, 11) is -4.16. The zero-order valence-electron chi connectivity index (χ0n) is 17.6. The van der Waals surface area contributed by atoms with Crippen molar-refractivity contribution in [3.8, 4) is 5.75 Å². The number of aromatic nitrogens is 3. The van der Waals surface area contributed by atoms with Gasteiger partial charge < -0.3 is 19.9 Å². The normalized spacial score (nSPS) is 11.7. The van der Waals surface area contributed by atoms with Crippen molar-refractivity contribution in [2.75, 3.05) is 4.72 Å². The molecule has 3 aromatic carbocycles. The zero-order valence-corrected chi connectivity index (χ0v) is 19.3. The molecule has 0 aliphatic heterocycles. The summed E-state index contributed by atoms with van der Waals surface area (Å²) in [6.45, 7) is 0. The topological polar surface area (TPSA) is 228 Å². The first-order chi connectivity index (χ1) is 17.1. The molecule has 0 unspecified atom stereocenters. The van der Waals surface area contributed by atoms with E-state index in [-0.39, 0.29) is 50.1 Å². The highest BCUT2D eigenvalue weighted by atomic mass is 32.2. The second-order valence-electron chi connectivity index (χ2n) is 7.02. The van der Waals surface area contributed by atoms with Gasteiger partial charge in [-0.3, -0.25) is 9.82 Å². The Balaban J connectivity index is 1.76. The molecule has 14 nitrogen and oxygen atoms in total. The predicted octanol–water partition coefficient (Wildman–Crippen LogP) is 3.84.